The minimum atomic E-state index is -0.335. The maximum Gasteiger partial charge on any atom is 0.286 e. The molecule has 2 aromatic carbocycles. The molecule has 0 aromatic heterocycles. The molecule has 0 saturated carbocycles. The second-order valence-corrected chi connectivity index (χ2v) is 5.82. The van der Waals surface area contributed by atoms with Crippen molar-refractivity contribution in [3.8, 4) is 11.5 Å². The van der Waals surface area contributed by atoms with Gasteiger partial charge in [0.05, 0.1) is 5.25 Å². The summed E-state index contributed by atoms with van der Waals surface area (Å²) < 4.78 is 5.70. The average Bonchev–Trinajstić information content (AvgIpc) is 2.80. The number of hydrogen-bond donors (Lipinski definition) is 1. The third-order valence-corrected chi connectivity index (χ3v) is 4.07. The van der Waals surface area contributed by atoms with Crippen molar-refractivity contribution < 1.29 is 14.3 Å². The second kappa shape index (κ2) is 6.01. The number of amides is 2. The van der Waals surface area contributed by atoms with Gasteiger partial charge < -0.3 is 4.74 Å². The van der Waals surface area contributed by atoms with Crippen LogP contribution in [0.5, 0.6) is 11.5 Å². The Labute approximate surface area is 126 Å². The van der Waals surface area contributed by atoms with Crippen LogP contribution < -0.4 is 10.1 Å². The van der Waals surface area contributed by atoms with Crippen LogP contribution in [0.4, 0.5) is 4.79 Å². The molecule has 21 heavy (non-hydrogen) atoms. The highest BCUT2D eigenvalue weighted by molar-refractivity contribution is 8.15. The van der Waals surface area contributed by atoms with Crippen LogP contribution >= 0.6 is 11.8 Å². The molecule has 1 aliphatic heterocycles. The van der Waals surface area contributed by atoms with E-state index in [-0.39, 0.29) is 16.4 Å². The van der Waals surface area contributed by atoms with Crippen LogP contribution in [-0.4, -0.2) is 16.4 Å². The highest BCUT2D eigenvalue weighted by Gasteiger charge is 2.31. The van der Waals surface area contributed by atoms with Gasteiger partial charge in [0.15, 0.2) is 0 Å². The van der Waals surface area contributed by atoms with Crippen molar-refractivity contribution in [3.63, 3.8) is 0 Å². The molecular weight excluding hydrogens is 286 g/mol. The zero-order valence-corrected chi connectivity index (χ0v) is 11.9. The molecule has 0 aliphatic carbocycles. The maximum atomic E-state index is 11.5. The number of rotatable bonds is 4. The Bertz CT molecular complexity index is 655. The van der Waals surface area contributed by atoms with E-state index in [1.807, 2.05) is 54.6 Å². The van der Waals surface area contributed by atoms with Crippen molar-refractivity contribution in [1.29, 1.82) is 0 Å². The summed E-state index contributed by atoms with van der Waals surface area (Å²) >= 11 is 1.04. The first kappa shape index (κ1) is 13.7. The van der Waals surface area contributed by atoms with E-state index < -0.39 is 0 Å². The van der Waals surface area contributed by atoms with E-state index in [0.29, 0.717) is 6.42 Å². The molecule has 0 bridgehead atoms. The Hall–Kier alpha value is -2.27. The lowest BCUT2D eigenvalue weighted by Gasteiger charge is -2.08. The molecule has 4 nitrogen and oxygen atoms in total. The summed E-state index contributed by atoms with van der Waals surface area (Å²) in [6, 6.07) is 17.1. The standard InChI is InChI=1S/C16H13NO3S/c18-15-14(21-16(19)17-15)10-11-6-8-13(9-7-11)20-12-4-2-1-3-5-12/h1-9,14H,10H2,(H,17,18,19). The van der Waals surface area contributed by atoms with Gasteiger partial charge in [-0.25, -0.2) is 0 Å². The zero-order chi connectivity index (χ0) is 14.7. The maximum absolute atomic E-state index is 11.5. The third kappa shape index (κ3) is 3.44. The van der Waals surface area contributed by atoms with E-state index in [1.165, 1.54) is 0 Å². The zero-order valence-electron chi connectivity index (χ0n) is 11.1. The number of carbonyl (C=O) groups excluding carboxylic acids is 2. The van der Waals surface area contributed by atoms with Gasteiger partial charge in [-0.15, -0.1) is 0 Å². The predicted octanol–water partition coefficient (Wildman–Crippen LogP) is 3.37. The normalized spacial score (nSPS) is 17.6. The second-order valence-electron chi connectivity index (χ2n) is 4.65. The van der Waals surface area contributed by atoms with Gasteiger partial charge in [0.1, 0.15) is 11.5 Å². The average molecular weight is 299 g/mol. The molecule has 2 aromatic rings. The number of imide groups is 1. The molecule has 1 N–H and O–H groups in total. The number of ether oxygens (including phenoxy) is 1. The molecule has 2 amide bonds. The summed E-state index contributed by atoms with van der Waals surface area (Å²) in [5.74, 6) is 1.31. The molecular formula is C16H13NO3S. The van der Waals surface area contributed by atoms with Crippen molar-refractivity contribution >= 4 is 22.9 Å². The number of para-hydroxylation sites is 1. The lowest BCUT2D eigenvalue weighted by atomic mass is 10.1. The van der Waals surface area contributed by atoms with E-state index in [2.05, 4.69) is 5.32 Å². The largest absolute Gasteiger partial charge is 0.457 e. The minimum absolute atomic E-state index is 0.213. The van der Waals surface area contributed by atoms with Gasteiger partial charge in [0.2, 0.25) is 5.91 Å². The van der Waals surface area contributed by atoms with Crippen molar-refractivity contribution in [1.82, 2.24) is 5.32 Å². The molecule has 5 heteroatoms. The number of thioether (sulfide) groups is 1. The summed E-state index contributed by atoms with van der Waals surface area (Å²) in [5.41, 5.74) is 0.998. The molecule has 0 spiro atoms. The Morgan fingerprint density at radius 2 is 1.62 bits per heavy atom. The van der Waals surface area contributed by atoms with Gasteiger partial charge in [-0.1, -0.05) is 42.1 Å². The van der Waals surface area contributed by atoms with Crippen LogP contribution in [0.15, 0.2) is 54.6 Å². The summed E-state index contributed by atoms with van der Waals surface area (Å²) in [6.07, 6.45) is 0.536. The van der Waals surface area contributed by atoms with Crippen LogP contribution in [0.3, 0.4) is 0 Å². The van der Waals surface area contributed by atoms with E-state index in [1.54, 1.807) is 0 Å². The Kier molecular flexibility index (Phi) is 3.92. The van der Waals surface area contributed by atoms with Crippen molar-refractivity contribution in [2.75, 3.05) is 0 Å². The molecule has 3 rings (SSSR count). The van der Waals surface area contributed by atoms with E-state index in [9.17, 15) is 9.59 Å². The van der Waals surface area contributed by atoms with Crippen molar-refractivity contribution in [3.05, 3.63) is 60.2 Å². The van der Waals surface area contributed by atoms with Gasteiger partial charge in [0, 0.05) is 0 Å². The summed E-state index contributed by atoms with van der Waals surface area (Å²) in [7, 11) is 0. The van der Waals surface area contributed by atoms with Crippen LogP contribution in [0.2, 0.25) is 0 Å². The third-order valence-electron chi connectivity index (χ3n) is 3.09. The highest BCUT2D eigenvalue weighted by Crippen LogP contribution is 2.25. The summed E-state index contributed by atoms with van der Waals surface area (Å²) in [5, 5.41) is 1.69. The molecule has 1 fully saturated rings. The minimum Gasteiger partial charge on any atom is -0.457 e. The Morgan fingerprint density at radius 3 is 2.24 bits per heavy atom. The van der Waals surface area contributed by atoms with E-state index >= 15 is 0 Å². The van der Waals surface area contributed by atoms with Gasteiger partial charge >= 0.3 is 0 Å². The topological polar surface area (TPSA) is 55.4 Å². The molecule has 1 unspecified atom stereocenters. The van der Waals surface area contributed by atoms with Gasteiger partial charge in [-0.3, -0.25) is 14.9 Å². The first-order valence-electron chi connectivity index (χ1n) is 6.54. The van der Waals surface area contributed by atoms with Crippen LogP contribution in [-0.2, 0) is 11.2 Å². The Morgan fingerprint density at radius 1 is 0.952 bits per heavy atom. The monoisotopic (exact) mass is 299 g/mol. The Balaban J connectivity index is 1.64. The fourth-order valence-corrected chi connectivity index (χ4v) is 2.92. The fraction of sp³-hybridized carbons (Fsp3) is 0.125. The van der Waals surface area contributed by atoms with E-state index in [0.717, 1.165) is 28.8 Å². The molecule has 1 aliphatic rings. The lowest BCUT2D eigenvalue weighted by Crippen LogP contribution is -2.25. The molecule has 106 valence electrons. The SMILES string of the molecule is O=C1NC(=O)C(Cc2ccc(Oc3ccccc3)cc2)S1. The van der Waals surface area contributed by atoms with Crippen LogP contribution in [0.1, 0.15) is 5.56 Å². The highest BCUT2D eigenvalue weighted by atomic mass is 32.2. The first-order chi connectivity index (χ1) is 10.2. The summed E-state index contributed by atoms with van der Waals surface area (Å²) in [4.78, 5) is 22.6. The quantitative estimate of drug-likeness (QED) is 0.940. The number of carbonyl (C=O) groups is 2. The van der Waals surface area contributed by atoms with Crippen molar-refractivity contribution in [2.45, 2.75) is 11.7 Å². The van der Waals surface area contributed by atoms with Crippen LogP contribution in [0, 0.1) is 0 Å². The number of nitrogens with one attached hydrogen (secondary N) is 1. The van der Waals surface area contributed by atoms with Crippen LogP contribution in [0.25, 0.3) is 0 Å². The first-order valence-corrected chi connectivity index (χ1v) is 7.42. The van der Waals surface area contributed by atoms with E-state index in [4.69, 9.17) is 4.74 Å². The molecule has 1 atom stereocenters. The predicted molar refractivity (Wildman–Crippen MR) is 81.6 cm³/mol. The lowest BCUT2D eigenvalue weighted by molar-refractivity contribution is -0.118. The summed E-state index contributed by atoms with van der Waals surface area (Å²) in [6.45, 7) is 0. The van der Waals surface area contributed by atoms with Gasteiger partial charge in [-0.2, -0.15) is 0 Å². The molecule has 1 heterocycles. The molecule has 1 saturated heterocycles. The van der Waals surface area contributed by atoms with Crippen molar-refractivity contribution in [2.24, 2.45) is 0 Å². The fourth-order valence-electron chi connectivity index (χ4n) is 2.06. The number of hydrogen-bond acceptors (Lipinski definition) is 4. The number of benzene rings is 2. The smallest absolute Gasteiger partial charge is 0.286 e. The van der Waals surface area contributed by atoms with Gasteiger partial charge in [0.25, 0.3) is 5.24 Å². The molecule has 0 radical (unpaired) electrons. The van der Waals surface area contributed by atoms with Gasteiger partial charge in [-0.05, 0) is 36.2 Å².